The predicted molar refractivity (Wildman–Crippen MR) is 101 cm³/mol. The number of carbonyl (C=O) groups excluding carboxylic acids is 1. The second-order valence-electron chi connectivity index (χ2n) is 5.28. The number of rotatable bonds is 5. The fourth-order valence-electron chi connectivity index (χ4n) is 2.38. The third kappa shape index (κ3) is 4.14. The lowest BCUT2D eigenvalue weighted by molar-refractivity contribution is 0.102. The molecule has 0 saturated heterocycles. The summed E-state index contributed by atoms with van der Waals surface area (Å²) < 4.78 is 0. The minimum absolute atomic E-state index is 0.296. The molecule has 3 rings (SSSR count). The highest BCUT2D eigenvalue weighted by Crippen LogP contribution is 2.21. The van der Waals surface area contributed by atoms with Crippen LogP contribution in [0.4, 0.5) is 17.3 Å². The summed E-state index contributed by atoms with van der Waals surface area (Å²) in [6.07, 6.45) is 1.59. The minimum Gasteiger partial charge on any atom is -0.321 e. The molecule has 126 valence electrons. The van der Waals surface area contributed by atoms with Crippen LogP contribution in [0.1, 0.15) is 17.4 Å². The molecule has 0 bridgehead atoms. The van der Waals surface area contributed by atoms with E-state index in [1.165, 1.54) is 0 Å². The van der Waals surface area contributed by atoms with Crippen molar-refractivity contribution in [2.75, 3.05) is 16.8 Å². The van der Waals surface area contributed by atoms with Crippen molar-refractivity contribution in [2.24, 2.45) is 0 Å². The Labute approximate surface area is 151 Å². The van der Waals surface area contributed by atoms with Crippen LogP contribution in [0.15, 0.2) is 66.9 Å². The summed E-state index contributed by atoms with van der Waals surface area (Å²) in [6.45, 7) is 2.70. The number of para-hydroxylation sites is 1. The molecule has 3 aromatic rings. The highest BCUT2D eigenvalue weighted by Gasteiger charge is 2.14. The zero-order valence-corrected chi connectivity index (χ0v) is 14.4. The van der Waals surface area contributed by atoms with Gasteiger partial charge in [0, 0.05) is 29.1 Å². The van der Waals surface area contributed by atoms with E-state index in [1.807, 2.05) is 42.2 Å². The van der Waals surface area contributed by atoms with Gasteiger partial charge in [0.15, 0.2) is 0 Å². The van der Waals surface area contributed by atoms with E-state index in [0.29, 0.717) is 28.9 Å². The molecule has 25 heavy (non-hydrogen) atoms. The second-order valence-corrected chi connectivity index (χ2v) is 5.72. The first-order valence-corrected chi connectivity index (χ1v) is 8.27. The first-order valence-electron chi connectivity index (χ1n) is 7.90. The van der Waals surface area contributed by atoms with Crippen molar-refractivity contribution in [3.05, 3.63) is 77.6 Å². The number of amides is 1. The maximum atomic E-state index is 12.4. The summed E-state index contributed by atoms with van der Waals surface area (Å²) in [4.78, 5) is 23.1. The van der Waals surface area contributed by atoms with Crippen molar-refractivity contribution in [3.63, 3.8) is 0 Å². The van der Waals surface area contributed by atoms with E-state index in [1.54, 1.807) is 36.5 Å². The number of hydrogen-bond donors (Lipinski definition) is 1. The molecule has 1 amide bonds. The molecule has 1 N–H and O–H groups in total. The van der Waals surface area contributed by atoms with E-state index in [-0.39, 0.29) is 5.91 Å². The maximum Gasteiger partial charge on any atom is 0.274 e. The van der Waals surface area contributed by atoms with Gasteiger partial charge in [-0.1, -0.05) is 29.8 Å². The van der Waals surface area contributed by atoms with Crippen LogP contribution in [0.2, 0.25) is 5.02 Å². The van der Waals surface area contributed by atoms with E-state index in [0.717, 1.165) is 5.69 Å². The monoisotopic (exact) mass is 352 g/mol. The predicted octanol–water partition coefficient (Wildman–Crippen LogP) is 4.54. The van der Waals surface area contributed by atoms with Gasteiger partial charge >= 0.3 is 0 Å². The van der Waals surface area contributed by atoms with Crippen LogP contribution in [-0.2, 0) is 0 Å². The Morgan fingerprint density at radius 1 is 1.08 bits per heavy atom. The molecule has 0 unspecified atom stereocenters. The number of nitrogens with one attached hydrogen (secondary N) is 1. The summed E-state index contributed by atoms with van der Waals surface area (Å²) in [6, 6.07) is 18.3. The zero-order chi connectivity index (χ0) is 17.6. The van der Waals surface area contributed by atoms with Gasteiger partial charge in [0.25, 0.3) is 5.91 Å². The van der Waals surface area contributed by atoms with Gasteiger partial charge in [0.2, 0.25) is 5.95 Å². The lowest BCUT2D eigenvalue weighted by Gasteiger charge is -2.21. The molecule has 0 aliphatic heterocycles. The first kappa shape index (κ1) is 16.9. The Morgan fingerprint density at radius 3 is 2.48 bits per heavy atom. The molecule has 0 aliphatic rings. The third-order valence-corrected chi connectivity index (χ3v) is 3.86. The van der Waals surface area contributed by atoms with Crippen molar-refractivity contribution in [2.45, 2.75) is 6.92 Å². The number of hydrogen-bond acceptors (Lipinski definition) is 4. The Balaban J connectivity index is 1.83. The fraction of sp³-hybridized carbons (Fsp3) is 0.105. The van der Waals surface area contributed by atoms with Gasteiger partial charge in [-0.05, 0) is 49.4 Å². The molecule has 0 fully saturated rings. The average Bonchev–Trinajstić information content (AvgIpc) is 2.65. The lowest BCUT2D eigenvalue weighted by atomic mass is 10.3. The molecule has 5 nitrogen and oxygen atoms in total. The van der Waals surface area contributed by atoms with Crippen molar-refractivity contribution >= 4 is 34.8 Å². The minimum atomic E-state index is -0.296. The topological polar surface area (TPSA) is 58.1 Å². The van der Waals surface area contributed by atoms with Gasteiger partial charge in [-0.3, -0.25) is 4.79 Å². The first-order chi connectivity index (χ1) is 12.2. The molecule has 1 heterocycles. The highest BCUT2D eigenvalue weighted by molar-refractivity contribution is 6.30. The van der Waals surface area contributed by atoms with Gasteiger partial charge < -0.3 is 10.2 Å². The second kappa shape index (κ2) is 7.77. The Bertz CT molecular complexity index is 853. The van der Waals surface area contributed by atoms with E-state index in [9.17, 15) is 4.79 Å². The standard InChI is InChI=1S/C19H17ClN4O/c1-2-24(16-6-4-3-5-7-16)19-21-13-12-17(23-19)18(25)22-15-10-8-14(20)9-11-15/h3-13H,2H2,1H3,(H,22,25). The fourth-order valence-corrected chi connectivity index (χ4v) is 2.51. The van der Waals surface area contributed by atoms with Crippen molar-refractivity contribution in [1.29, 1.82) is 0 Å². The number of benzene rings is 2. The van der Waals surface area contributed by atoms with Gasteiger partial charge in [-0.15, -0.1) is 0 Å². The van der Waals surface area contributed by atoms with Crippen LogP contribution in [0.5, 0.6) is 0 Å². The van der Waals surface area contributed by atoms with Gasteiger partial charge in [-0.2, -0.15) is 0 Å². The summed E-state index contributed by atoms with van der Waals surface area (Å²) >= 11 is 5.86. The van der Waals surface area contributed by atoms with Crippen LogP contribution in [0, 0.1) is 0 Å². The highest BCUT2D eigenvalue weighted by atomic mass is 35.5. The summed E-state index contributed by atoms with van der Waals surface area (Å²) in [7, 11) is 0. The van der Waals surface area contributed by atoms with Crippen LogP contribution in [0.3, 0.4) is 0 Å². The molecule has 0 radical (unpaired) electrons. The van der Waals surface area contributed by atoms with Gasteiger partial charge in [0.1, 0.15) is 5.69 Å². The van der Waals surface area contributed by atoms with Crippen molar-refractivity contribution < 1.29 is 4.79 Å². The number of halogens is 1. The maximum absolute atomic E-state index is 12.4. The number of carbonyl (C=O) groups is 1. The van der Waals surface area contributed by atoms with Crippen LogP contribution < -0.4 is 10.2 Å². The van der Waals surface area contributed by atoms with Crippen molar-refractivity contribution in [3.8, 4) is 0 Å². The normalized spacial score (nSPS) is 10.3. The molecule has 0 atom stereocenters. The number of aromatic nitrogens is 2. The molecule has 2 aromatic carbocycles. The van der Waals surface area contributed by atoms with Gasteiger partial charge in [0.05, 0.1) is 0 Å². The average molecular weight is 353 g/mol. The molecular formula is C19H17ClN4O. The lowest BCUT2D eigenvalue weighted by Crippen LogP contribution is -2.21. The quantitative estimate of drug-likeness (QED) is 0.732. The van der Waals surface area contributed by atoms with Crippen LogP contribution in [-0.4, -0.2) is 22.4 Å². The largest absolute Gasteiger partial charge is 0.321 e. The van der Waals surface area contributed by atoms with Crippen molar-refractivity contribution in [1.82, 2.24) is 9.97 Å². The molecule has 6 heteroatoms. The van der Waals surface area contributed by atoms with Crippen LogP contribution in [0.25, 0.3) is 0 Å². The van der Waals surface area contributed by atoms with Crippen LogP contribution >= 0.6 is 11.6 Å². The molecule has 0 aliphatic carbocycles. The number of anilines is 3. The molecule has 1 aromatic heterocycles. The zero-order valence-electron chi connectivity index (χ0n) is 13.7. The summed E-state index contributed by atoms with van der Waals surface area (Å²) in [5, 5.41) is 3.42. The molecule has 0 saturated carbocycles. The SMILES string of the molecule is CCN(c1ccccc1)c1nccc(C(=O)Nc2ccc(Cl)cc2)n1. The van der Waals surface area contributed by atoms with E-state index >= 15 is 0 Å². The van der Waals surface area contributed by atoms with Gasteiger partial charge in [-0.25, -0.2) is 9.97 Å². The third-order valence-electron chi connectivity index (χ3n) is 3.60. The molecule has 0 spiro atoms. The summed E-state index contributed by atoms with van der Waals surface area (Å²) in [5.41, 5.74) is 1.93. The molecular weight excluding hydrogens is 336 g/mol. The Hall–Kier alpha value is -2.92. The smallest absolute Gasteiger partial charge is 0.274 e. The Kier molecular flexibility index (Phi) is 5.26. The van der Waals surface area contributed by atoms with E-state index < -0.39 is 0 Å². The Morgan fingerprint density at radius 2 is 1.80 bits per heavy atom. The summed E-state index contributed by atoms with van der Waals surface area (Å²) in [5.74, 6) is 0.188. The van der Waals surface area contributed by atoms with E-state index in [2.05, 4.69) is 15.3 Å². The number of nitrogens with zero attached hydrogens (tertiary/aromatic N) is 3. The van der Waals surface area contributed by atoms with E-state index in [4.69, 9.17) is 11.6 Å².